The van der Waals surface area contributed by atoms with Gasteiger partial charge in [-0.15, -0.1) is 0 Å². The monoisotopic (exact) mass is 449 g/mol. The minimum absolute atomic E-state index is 0.298. The molecule has 3 rings (SSSR count). The fourth-order valence-electron chi connectivity index (χ4n) is 3.76. The second kappa shape index (κ2) is 9.47. The van der Waals surface area contributed by atoms with Gasteiger partial charge in [0.15, 0.2) is 0 Å². The Balaban J connectivity index is 1.71. The molecule has 0 unspecified atom stereocenters. The highest BCUT2D eigenvalue weighted by Crippen LogP contribution is 2.26. The summed E-state index contributed by atoms with van der Waals surface area (Å²) in [5.41, 5.74) is 7.54. The van der Waals surface area contributed by atoms with Crippen molar-refractivity contribution in [2.24, 2.45) is 5.73 Å². The van der Waals surface area contributed by atoms with E-state index >= 15 is 0 Å². The summed E-state index contributed by atoms with van der Waals surface area (Å²) < 4.78 is 27.6. The van der Waals surface area contributed by atoms with Crippen LogP contribution in [-0.4, -0.2) is 49.7 Å². The van der Waals surface area contributed by atoms with Crippen LogP contribution in [-0.2, 0) is 14.8 Å². The topological polar surface area (TPSA) is 83.7 Å². The number of rotatable bonds is 7. The third-order valence-electron chi connectivity index (χ3n) is 5.79. The van der Waals surface area contributed by atoms with Gasteiger partial charge in [0.2, 0.25) is 15.9 Å². The molecule has 2 atom stereocenters. The van der Waals surface area contributed by atoms with Crippen molar-refractivity contribution in [2.75, 3.05) is 26.2 Å². The Morgan fingerprint density at radius 2 is 1.53 bits per heavy atom. The molecule has 6 nitrogen and oxygen atoms in total. The predicted octanol–water partition coefficient (Wildman–Crippen LogP) is 3.39. The molecule has 8 heteroatoms. The number of benzene rings is 2. The molecule has 0 bridgehead atoms. The highest BCUT2D eigenvalue weighted by Gasteiger charge is 2.33. The standard InChI is InChI=1S/C22H28ClN3O3S/c1-3-16(2)17-6-10-20(11-7-17)30(28,29)26-14-12-25(13-15-26)21(22(24)27)18-4-8-19(23)9-5-18/h4-11,16,21H,3,12-15H2,1-2H3,(H2,24,27)/t16-,21-/m0/s1. The van der Waals surface area contributed by atoms with Crippen molar-refractivity contribution in [3.8, 4) is 0 Å². The summed E-state index contributed by atoms with van der Waals surface area (Å²) >= 11 is 5.94. The Labute approximate surface area is 183 Å². The van der Waals surface area contributed by atoms with Crippen molar-refractivity contribution < 1.29 is 13.2 Å². The zero-order valence-corrected chi connectivity index (χ0v) is 18.9. The van der Waals surface area contributed by atoms with Crippen molar-refractivity contribution in [3.05, 3.63) is 64.7 Å². The molecule has 1 heterocycles. The van der Waals surface area contributed by atoms with E-state index in [-0.39, 0.29) is 0 Å². The summed E-state index contributed by atoms with van der Waals surface area (Å²) in [6.07, 6.45) is 1.00. The quantitative estimate of drug-likeness (QED) is 0.702. The van der Waals surface area contributed by atoms with Crippen LogP contribution >= 0.6 is 11.6 Å². The number of halogens is 1. The van der Waals surface area contributed by atoms with E-state index in [4.69, 9.17) is 17.3 Å². The minimum Gasteiger partial charge on any atom is -0.368 e. The lowest BCUT2D eigenvalue weighted by Gasteiger charge is -2.37. The molecule has 2 N–H and O–H groups in total. The normalized spacial score (nSPS) is 18.1. The van der Waals surface area contributed by atoms with E-state index in [9.17, 15) is 13.2 Å². The van der Waals surface area contributed by atoms with Gasteiger partial charge in [-0.25, -0.2) is 8.42 Å². The van der Waals surface area contributed by atoms with Gasteiger partial charge < -0.3 is 5.73 Å². The number of primary amides is 1. The van der Waals surface area contributed by atoms with E-state index in [1.807, 2.05) is 17.0 Å². The molecule has 2 aromatic rings. The van der Waals surface area contributed by atoms with Crippen molar-refractivity contribution in [2.45, 2.75) is 37.1 Å². The molecule has 0 radical (unpaired) electrons. The largest absolute Gasteiger partial charge is 0.368 e. The average Bonchev–Trinajstić information content (AvgIpc) is 2.75. The lowest BCUT2D eigenvalue weighted by Crippen LogP contribution is -2.51. The predicted molar refractivity (Wildman–Crippen MR) is 119 cm³/mol. The third kappa shape index (κ3) is 4.86. The van der Waals surface area contributed by atoms with E-state index in [0.29, 0.717) is 42.0 Å². The van der Waals surface area contributed by atoms with Gasteiger partial charge in [0.05, 0.1) is 4.90 Å². The Kier molecular flexibility index (Phi) is 7.18. The first-order chi connectivity index (χ1) is 14.2. The molecule has 0 aliphatic carbocycles. The highest BCUT2D eigenvalue weighted by molar-refractivity contribution is 7.89. The first-order valence-corrected chi connectivity index (χ1v) is 11.9. The van der Waals surface area contributed by atoms with Crippen LogP contribution in [0.1, 0.15) is 43.4 Å². The molecule has 30 heavy (non-hydrogen) atoms. The van der Waals surface area contributed by atoms with Crippen LogP contribution in [0, 0.1) is 0 Å². The summed E-state index contributed by atoms with van der Waals surface area (Å²) in [7, 11) is -3.58. The number of carbonyl (C=O) groups is 1. The van der Waals surface area contributed by atoms with Crippen molar-refractivity contribution >= 4 is 27.5 Å². The molecule has 1 aliphatic rings. The Morgan fingerprint density at radius 1 is 1.00 bits per heavy atom. The zero-order chi connectivity index (χ0) is 21.9. The maximum Gasteiger partial charge on any atom is 0.243 e. The molecule has 1 fully saturated rings. The lowest BCUT2D eigenvalue weighted by molar-refractivity contribution is -0.124. The first-order valence-electron chi connectivity index (χ1n) is 10.1. The van der Waals surface area contributed by atoms with Gasteiger partial charge in [-0.05, 0) is 47.7 Å². The molecule has 1 aliphatic heterocycles. The molecular weight excluding hydrogens is 422 g/mol. The molecule has 0 spiro atoms. The Morgan fingerprint density at radius 3 is 2.03 bits per heavy atom. The van der Waals surface area contributed by atoms with Crippen molar-refractivity contribution in [1.29, 1.82) is 0 Å². The molecule has 0 aromatic heterocycles. The Bertz CT molecular complexity index is 970. The highest BCUT2D eigenvalue weighted by atomic mass is 35.5. The van der Waals surface area contributed by atoms with Gasteiger partial charge in [0, 0.05) is 31.2 Å². The number of hydrogen-bond donors (Lipinski definition) is 1. The van der Waals surface area contributed by atoms with E-state index in [0.717, 1.165) is 17.5 Å². The van der Waals surface area contributed by atoms with E-state index in [2.05, 4.69) is 13.8 Å². The van der Waals surface area contributed by atoms with Crippen molar-refractivity contribution in [3.63, 3.8) is 0 Å². The van der Waals surface area contributed by atoms with Crippen molar-refractivity contribution in [1.82, 2.24) is 9.21 Å². The van der Waals surface area contributed by atoms with Crippen LogP contribution in [0.2, 0.25) is 5.02 Å². The summed E-state index contributed by atoms with van der Waals surface area (Å²) in [6.45, 7) is 5.66. The maximum absolute atomic E-state index is 13.1. The van der Waals surface area contributed by atoms with Crippen LogP contribution in [0.5, 0.6) is 0 Å². The molecule has 2 aromatic carbocycles. The van der Waals surface area contributed by atoms with Gasteiger partial charge in [0.25, 0.3) is 0 Å². The smallest absolute Gasteiger partial charge is 0.243 e. The average molecular weight is 450 g/mol. The second-order valence-electron chi connectivity index (χ2n) is 7.67. The fraction of sp³-hybridized carbons (Fsp3) is 0.409. The summed E-state index contributed by atoms with van der Waals surface area (Å²) in [5.74, 6) is -0.0711. The summed E-state index contributed by atoms with van der Waals surface area (Å²) in [6, 6.07) is 13.5. The molecule has 162 valence electrons. The third-order valence-corrected chi connectivity index (χ3v) is 7.96. The van der Waals surface area contributed by atoms with E-state index < -0.39 is 22.0 Å². The first kappa shape index (κ1) is 22.7. The van der Waals surface area contributed by atoms with Crippen LogP contribution in [0.4, 0.5) is 0 Å². The van der Waals surface area contributed by atoms with E-state index in [1.54, 1.807) is 36.4 Å². The van der Waals surface area contributed by atoms with Gasteiger partial charge in [0.1, 0.15) is 6.04 Å². The minimum atomic E-state index is -3.58. The molecular formula is C22H28ClN3O3S. The number of nitrogens with two attached hydrogens (primary N) is 1. The molecule has 0 saturated carbocycles. The SMILES string of the molecule is CC[C@H](C)c1ccc(S(=O)(=O)N2CCN([C@H](C(N)=O)c3ccc(Cl)cc3)CC2)cc1. The number of piperazine rings is 1. The fourth-order valence-corrected chi connectivity index (χ4v) is 5.30. The van der Waals surface area contributed by atoms with Crippen LogP contribution in [0.3, 0.4) is 0 Å². The van der Waals surface area contributed by atoms with Gasteiger partial charge in [-0.1, -0.05) is 49.7 Å². The van der Waals surface area contributed by atoms with Gasteiger partial charge in [-0.3, -0.25) is 9.69 Å². The number of carbonyl (C=O) groups excluding carboxylic acids is 1. The number of amides is 1. The molecule has 1 saturated heterocycles. The zero-order valence-electron chi connectivity index (χ0n) is 17.3. The Hall–Kier alpha value is -1.93. The van der Waals surface area contributed by atoms with Crippen LogP contribution in [0.15, 0.2) is 53.4 Å². The summed E-state index contributed by atoms with van der Waals surface area (Å²) in [5, 5.41) is 0.581. The summed E-state index contributed by atoms with van der Waals surface area (Å²) in [4.78, 5) is 14.3. The van der Waals surface area contributed by atoms with Crippen LogP contribution < -0.4 is 5.73 Å². The van der Waals surface area contributed by atoms with Crippen LogP contribution in [0.25, 0.3) is 0 Å². The second-order valence-corrected chi connectivity index (χ2v) is 10.0. The van der Waals surface area contributed by atoms with Gasteiger partial charge in [-0.2, -0.15) is 4.31 Å². The maximum atomic E-state index is 13.1. The van der Waals surface area contributed by atoms with Gasteiger partial charge >= 0.3 is 0 Å². The molecule has 1 amide bonds. The lowest BCUT2D eigenvalue weighted by atomic mass is 9.99. The number of sulfonamides is 1. The number of nitrogens with zero attached hydrogens (tertiary/aromatic N) is 2. The van der Waals surface area contributed by atoms with E-state index in [1.165, 1.54) is 4.31 Å². The number of hydrogen-bond acceptors (Lipinski definition) is 4.